The van der Waals surface area contributed by atoms with Crippen LogP contribution in [0.2, 0.25) is 0 Å². The number of hydrogen-bond acceptors (Lipinski definition) is 1. The van der Waals surface area contributed by atoms with Gasteiger partial charge in [-0.1, -0.05) is 37.5 Å². The Morgan fingerprint density at radius 3 is 2.50 bits per heavy atom. The van der Waals surface area contributed by atoms with E-state index in [1.807, 2.05) is 30.3 Å². The fourth-order valence-electron chi connectivity index (χ4n) is 2.39. The van der Waals surface area contributed by atoms with E-state index in [0.29, 0.717) is 12.3 Å². The van der Waals surface area contributed by atoms with Gasteiger partial charge >= 0.3 is 0 Å². The van der Waals surface area contributed by atoms with Crippen molar-refractivity contribution >= 4 is 11.6 Å². The molecule has 0 bridgehead atoms. The molecule has 0 aliphatic heterocycles. The molecule has 2 nitrogen and oxygen atoms in total. The summed E-state index contributed by atoms with van der Waals surface area (Å²) in [6.45, 7) is 0. The van der Waals surface area contributed by atoms with E-state index >= 15 is 0 Å². The van der Waals surface area contributed by atoms with Gasteiger partial charge in [0, 0.05) is 12.1 Å². The Bertz CT molecular complexity index is 328. The first-order chi connectivity index (χ1) is 7.84. The van der Waals surface area contributed by atoms with E-state index in [2.05, 4.69) is 5.32 Å². The number of hydrogen-bond donors (Lipinski definition) is 1. The second kappa shape index (κ2) is 5.69. The summed E-state index contributed by atoms with van der Waals surface area (Å²) in [7, 11) is 0. The number of rotatable bonds is 3. The third-order valence-corrected chi connectivity index (χ3v) is 3.26. The Balaban J connectivity index is 1.80. The lowest BCUT2D eigenvalue weighted by Gasteiger charge is -2.20. The second-order valence-corrected chi connectivity index (χ2v) is 4.62. The van der Waals surface area contributed by atoms with Crippen LogP contribution in [0.5, 0.6) is 0 Å². The molecule has 2 rings (SSSR count). The highest BCUT2D eigenvalue weighted by Gasteiger charge is 2.16. The van der Waals surface area contributed by atoms with Gasteiger partial charge in [0.1, 0.15) is 0 Å². The minimum atomic E-state index is 0.165. The van der Waals surface area contributed by atoms with Crippen molar-refractivity contribution in [3.63, 3.8) is 0 Å². The summed E-state index contributed by atoms with van der Waals surface area (Å²) in [6.07, 6.45) is 7.07. The highest BCUT2D eigenvalue weighted by Crippen LogP contribution is 2.26. The van der Waals surface area contributed by atoms with Gasteiger partial charge in [0.15, 0.2) is 0 Å². The monoisotopic (exact) mass is 217 g/mol. The molecule has 1 aromatic rings. The summed E-state index contributed by atoms with van der Waals surface area (Å²) in [5.41, 5.74) is 0.906. The van der Waals surface area contributed by atoms with E-state index in [-0.39, 0.29) is 5.91 Å². The predicted octanol–water partition coefficient (Wildman–Crippen LogP) is 3.60. The molecule has 0 atom stereocenters. The van der Waals surface area contributed by atoms with Crippen LogP contribution in [0.1, 0.15) is 38.5 Å². The molecule has 0 unspecified atom stereocenters. The van der Waals surface area contributed by atoms with Gasteiger partial charge in [0.2, 0.25) is 5.91 Å². The van der Waals surface area contributed by atoms with Gasteiger partial charge in [-0.15, -0.1) is 0 Å². The second-order valence-electron chi connectivity index (χ2n) is 4.62. The maximum atomic E-state index is 11.8. The van der Waals surface area contributed by atoms with Gasteiger partial charge < -0.3 is 5.32 Å². The highest BCUT2D eigenvalue weighted by molar-refractivity contribution is 5.90. The average Bonchev–Trinajstić information content (AvgIpc) is 2.31. The molecular weight excluding hydrogens is 198 g/mol. The number of carbonyl (C=O) groups is 1. The summed E-state index contributed by atoms with van der Waals surface area (Å²) in [4.78, 5) is 11.8. The molecule has 0 spiro atoms. The van der Waals surface area contributed by atoms with Gasteiger partial charge in [-0.05, 0) is 30.9 Å². The molecule has 16 heavy (non-hydrogen) atoms. The van der Waals surface area contributed by atoms with Crippen LogP contribution in [-0.4, -0.2) is 5.91 Å². The Labute approximate surface area is 97.1 Å². The number of benzene rings is 1. The maximum Gasteiger partial charge on any atom is 0.224 e. The van der Waals surface area contributed by atoms with Crippen LogP contribution in [0.3, 0.4) is 0 Å². The van der Waals surface area contributed by atoms with Gasteiger partial charge in [-0.25, -0.2) is 0 Å². The van der Waals surface area contributed by atoms with Crippen molar-refractivity contribution in [2.24, 2.45) is 5.92 Å². The average molecular weight is 217 g/mol. The van der Waals surface area contributed by atoms with Crippen LogP contribution in [0.15, 0.2) is 30.3 Å². The smallest absolute Gasteiger partial charge is 0.224 e. The maximum absolute atomic E-state index is 11.8. The standard InChI is InChI=1S/C14H19NO/c16-14(11-12-7-3-1-4-8-12)15-13-9-5-2-6-10-13/h2,5-6,9-10,12H,1,3-4,7-8,11H2,(H,15,16). The van der Waals surface area contributed by atoms with E-state index in [0.717, 1.165) is 5.69 Å². The van der Waals surface area contributed by atoms with Crippen LogP contribution in [0.4, 0.5) is 5.69 Å². The summed E-state index contributed by atoms with van der Waals surface area (Å²) >= 11 is 0. The molecule has 86 valence electrons. The number of anilines is 1. The molecule has 1 fully saturated rings. The minimum Gasteiger partial charge on any atom is -0.326 e. The molecule has 1 saturated carbocycles. The predicted molar refractivity (Wildman–Crippen MR) is 66.3 cm³/mol. The summed E-state index contributed by atoms with van der Waals surface area (Å²) in [6, 6.07) is 9.70. The van der Waals surface area contributed by atoms with Crippen molar-refractivity contribution in [3.8, 4) is 0 Å². The van der Waals surface area contributed by atoms with Gasteiger partial charge in [-0.3, -0.25) is 4.79 Å². The van der Waals surface area contributed by atoms with Gasteiger partial charge in [0.25, 0.3) is 0 Å². The first-order valence-electron chi connectivity index (χ1n) is 6.19. The quantitative estimate of drug-likeness (QED) is 0.823. The molecule has 1 aromatic carbocycles. The van der Waals surface area contributed by atoms with E-state index in [1.165, 1.54) is 32.1 Å². The van der Waals surface area contributed by atoms with Crippen LogP contribution in [0, 0.1) is 5.92 Å². The summed E-state index contributed by atoms with van der Waals surface area (Å²) in [5.74, 6) is 0.774. The molecule has 1 amide bonds. The van der Waals surface area contributed by atoms with Crippen LogP contribution < -0.4 is 5.32 Å². The zero-order chi connectivity index (χ0) is 11.2. The molecule has 0 aromatic heterocycles. The minimum absolute atomic E-state index is 0.165. The van der Waals surface area contributed by atoms with Crippen LogP contribution >= 0.6 is 0 Å². The lowest BCUT2D eigenvalue weighted by Crippen LogP contribution is -2.18. The normalized spacial score (nSPS) is 17.0. The third kappa shape index (κ3) is 3.37. The molecular formula is C14H19NO. The fraction of sp³-hybridized carbons (Fsp3) is 0.500. The first-order valence-corrected chi connectivity index (χ1v) is 6.19. The van der Waals surface area contributed by atoms with Crippen LogP contribution in [-0.2, 0) is 4.79 Å². The van der Waals surface area contributed by atoms with Crippen molar-refractivity contribution in [3.05, 3.63) is 30.3 Å². The zero-order valence-electron chi connectivity index (χ0n) is 9.61. The van der Waals surface area contributed by atoms with Crippen LogP contribution in [0.25, 0.3) is 0 Å². The number of para-hydroxylation sites is 1. The molecule has 1 N–H and O–H groups in total. The molecule has 1 aliphatic rings. The van der Waals surface area contributed by atoms with E-state index in [4.69, 9.17) is 0 Å². The lowest BCUT2D eigenvalue weighted by molar-refractivity contribution is -0.117. The van der Waals surface area contributed by atoms with E-state index in [9.17, 15) is 4.79 Å². The molecule has 0 saturated heterocycles. The zero-order valence-corrected chi connectivity index (χ0v) is 9.61. The van der Waals surface area contributed by atoms with Crippen molar-refractivity contribution in [1.82, 2.24) is 0 Å². The Kier molecular flexibility index (Phi) is 3.97. The van der Waals surface area contributed by atoms with E-state index in [1.54, 1.807) is 0 Å². The van der Waals surface area contributed by atoms with Gasteiger partial charge in [0.05, 0.1) is 0 Å². The molecule has 0 heterocycles. The van der Waals surface area contributed by atoms with Crippen molar-refractivity contribution < 1.29 is 4.79 Å². The van der Waals surface area contributed by atoms with Crippen molar-refractivity contribution in [2.75, 3.05) is 5.32 Å². The number of nitrogens with one attached hydrogen (secondary N) is 1. The fourth-order valence-corrected chi connectivity index (χ4v) is 2.39. The molecule has 0 radical (unpaired) electrons. The Morgan fingerprint density at radius 2 is 1.81 bits per heavy atom. The first kappa shape index (κ1) is 11.2. The largest absolute Gasteiger partial charge is 0.326 e. The summed E-state index contributed by atoms with van der Waals surface area (Å²) < 4.78 is 0. The van der Waals surface area contributed by atoms with Crippen molar-refractivity contribution in [1.29, 1.82) is 0 Å². The number of carbonyl (C=O) groups excluding carboxylic acids is 1. The lowest BCUT2D eigenvalue weighted by atomic mass is 9.87. The highest BCUT2D eigenvalue weighted by atomic mass is 16.1. The topological polar surface area (TPSA) is 29.1 Å². The number of amides is 1. The summed E-state index contributed by atoms with van der Waals surface area (Å²) in [5, 5.41) is 2.95. The van der Waals surface area contributed by atoms with Crippen molar-refractivity contribution in [2.45, 2.75) is 38.5 Å². The molecule has 1 aliphatic carbocycles. The third-order valence-electron chi connectivity index (χ3n) is 3.26. The van der Waals surface area contributed by atoms with E-state index < -0.39 is 0 Å². The Hall–Kier alpha value is -1.31. The Morgan fingerprint density at radius 1 is 1.12 bits per heavy atom. The SMILES string of the molecule is O=C(CC1CCCCC1)Nc1ccccc1. The van der Waals surface area contributed by atoms with Gasteiger partial charge in [-0.2, -0.15) is 0 Å². The molecule has 2 heteroatoms.